The Morgan fingerprint density at radius 1 is 1.16 bits per heavy atom. The van der Waals surface area contributed by atoms with Crippen LogP contribution in [0.4, 0.5) is 0 Å². The number of aryl methyl sites for hydroxylation is 2. The third kappa shape index (κ3) is 3.39. The van der Waals surface area contributed by atoms with Crippen LogP contribution in [0.25, 0.3) is 0 Å². The molecular weight excluding hydrogens is 230 g/mol. The molecule has 1 nitrogen and oxygen atoms in total. The molecule has 104 valence electrons. The first kappa shape index (κ1) is 13.2. The van der Waals surface area contributed by atoms with E-state index in [0.29, 0.717) is 0 Å². The Kier molecular flexibility index (Phi) is 3.93. The van der Waals surface area contributed by atoms with Crippen LogP contribution in [0, 0.1) is 11.8 Å². The summed E-state index contributed by atoms with van der Waals surface area (Å²) in [6.45, 7) is 5.93. The molecule has 2 aliphatic carbocycles. The molecule has 19 heavy (non-hydrogen) atoms. The fraction of sp³-hybridized carbons (Fsp3) is 0.667. The summed E-state index contributed by atoms with van der Waals surface area (Å²) < 4.78 is 0. The Hall–Kier alpha value is -0.820. The van der Waals surface area contributed by atoms with Crippen LogP contribution in [-0.2, 0) is 19.3 Å². The van der Waals surface area contributed by atoms with Crippen LogP contribution < -0.4 is 5.32 Å². The minimum absolute atomic E-state index is 0.763. The van der Waals surface area contributed by atoms with Gasteiger partial charge in [-0.1, -0.05) is 32.0 Å². The van der Waals surface area contributed by atoms with Gasteiger partial charge in [0.05, 0.1) is 0 Å². The van der Waals surface area contributed by atoms with E-state index in [0.717, 1.165) is 17.9 Å². The summed E-state index contributed by atoms with van der Waals surface area (Å²) >= 11 is 0. The second kappa shape index (κ2) is 5.66. The van der Waals surface area contributed by atoms with Gasteiger partial charge in [-0.25, -0.2) is 0 Å². The average Bonchev–Trinajstić information content (AvgIpc) is 3.10. The lowest BCUT2D eigenvalue weighted by molar-refractivity contribution is 0.359. The Morgan fingerprint density at radius 3 is 2.68 bits per heavy atom. The Labute approximate surface area is 117 Å². The van der Waals surface area contributed by atoms with Crippen molar-refractivity contribution in [3.8, 4) is 0 Å². The minimum Gasteiger partial charge on any atom is -0.314 e. The van der Waals surface area contributed by atoms with Crippen molar-refractivity contribution >= 4 is 0 Å². The van der Waals surface area contributed by atoms with E-state index in [1.165, 1.54) is 45.1 Å². The lowest BCUT2D eigenvalue weighted by atomic mass is 9.88. The van der Waals surface area contributed by atoms with Gasteiger partial charge in [0.25, 0.3) is 0 Å². The molecule has 0 saturated heterocycles. The largest absolute Gasteiger partial charge is 0.314 e. The van der Waals surface area contributed by atoms with Crippen molar-refractivity contribution in [3.05, 3.63) is 34.9 Å². The Balaban J connectivity index is 1.63. The van der Waals surface area contributed by atoms with Crippen LogP contribution in [0.3, 0.4) is 0 Å². The van der Waals surface area contributed by atoms with Crippen molar-refractivity contribution in [1.29, 1.82) is 0 Å². The van der Waals surface area contributed by atoms with Gasteiger partial charge < -0.3 is 5.32 Å². The summed E-state index contributed by atoms with van der Waals surface area (Å²) in [7, 11) is 0. The van der Waals surface area contributed by atoms with E-state index in [9.17, 15) is 0 Å². The summed E-state index contributed by atoms with van der Waals surface area (Å²) in [5.41, 5.74) is 4.77. The number of rotatable bonds is 6. The topological polar surface area (TPSA) is 12.0 Å². The van der Waals surface area contributed by atoms with Gasteiger partial charge in [0.15, 0.2) is 0 Å². The number of nitrogens with one attached hydrogen (secondary N) is 1. The standard InChI is InChI=1S/C18H27N/c1-13(2)17(12-19-18-8-9-18)11-14-6-7-15-4-3-5-16(15)10-14/h6-7,10,13,17-19H,3-5,8-9,11-12H2,1-2H3. The Bertz CT molecular complexity index is 431. The SMILES string of the molecule is CC(C)C(CNC1CC1)Cc1ccc2c(c1)CCC2. The van der Waals surface area contributed by atoms with Crippen molar-refractivity contribution in [2.24, 2.45) is 11.8 Å². The van der Waals surface area contributed by atoms with E-state index in [2.05, 4.69) is 37.4 Å². The van der Waals surface area contributed by atoms with Crippen LogP contribution in [0.2, 0.25) is 0 Å². The molecule has 0 heterocycles. The zero-order chi connectivity index (χ0) is 13.2. The summed E-state index contributed by atoms with van der Waals surface area (Å²) in [5.74, 6) is 1.54. The van der Waals surface area contributed by atoms with E-state index < -0.39 is 0 Å². The van der Waals surface area contributed by atoms with Crippen molar-refractivity contribution < 1.29 is 0 Å². The van der Waals surface area contributed by atoms with Crippen molar-refractivity contribution in [1.82, 2.24) is 5.32 Å². The lowest BCUT2D eigenvalue weighted by Crippen LogP contribution is -2.29. The summed E-state index contributed by atoms with van der Waals surface area (Å²) in [4.78, 5) is 0. The van der Waals surface area contributed by atoms with Crippen LogP contribution in [-0.4, -0.2) is 12.6 Å². The zero-order valence-corrected chi connectivity index (χ0v) is 12.4. The minimum atomic E-state index is 0.763. The van der Waals surface area contributed by atoms with Gasteiger partial charge in [-0.15, -0.1) is 0 Å². The molecule has 1 heteroatoms. The van der Waals surface area contributed by atoms with Gasteiger partial charge in [0.1, 0.15) is 0 Å². The van der Waals surface area contributed by atoms with Gasteiger partial charge >= 0.3 is 0 Å². The predicted octanol–water partition coefficient (Wildman–Crippen LogP) is 3.74. The molecule has 1 aromatic rings. The van der Waals surface area contributed by atoms with Crippen molar-refractivity contribution in [2.75, 3.05) is 6.54 Å². The summed E-state index contributed by atoms with van der Waals surface area (Å²) in [6, 6.07) is 8.07. The van der Waals surface area contributed by atoms with Gasteiger partial charge in [-0.05, 0) is 73.6 Å². The van der Waals surface area contributed by atoms with Gasteiger partial charge in [-0.3, -0.25) is 0 Å². The molecule has 1 saturated carbocycles. The molecule has 0 amide bonds. The van der Waals surface area contributed by atoms with E-state index in [1.807, 2.05) is 0 Å². The van der Waals surface area contributed by atoms with Crippen molar-refractivity contribution in [2.45, 2.75) is 58.4 Å². The smallest absolute Gasteiger partial charge is 0.00683 e. The second-order valence-corrected chi connectivity index (χ2v) is 6.85. The zero-order valence-electron chi connectivity index (χ0n) is 12.4. The number of hydrogen-bond acceptors (Lipinski definition) is 1. The monoisotopic (exact) mass is 257 g/mol. The predicted molar refractivity (Wildman–Crippen MR) is 81.5 cm³/mol. The summed E-state index contributed by atoms with van der Waals surface area (Å²) in [6.07, 6.45) is 7.98. The first-order chi connectivity index (χ1) is 9.22. The molecule has 0 radical (unpaired) electrons. The molecular formula is C18H27N. The highest BCUT2D eigenvalue weighted by atomic mass is 14.9. The fourth-order valence-corrected chi connectivity index (χ4v) is 3.20. The van der Waals surface area contributed by atoms with Gasteiger partial charge in [0, 0.05) is 6.04 Å². The highest BCUT2D eigenvalue weighted by Crippen LogP contribution is 2.26. The summed E-state index contributed by atoms with van der Waals surface area (Å²) in [5, 5.41) is 3.71. The van der Waals surface area contributed by atoms with Gasteiger partial charge in [0.2, 0.25) is 0 Å². The molecule has 1 atom stereocenters. The molecule has 0 aliphatic heterocycles. The van der Waals surface area contributed by atoms with Crippen LogP contribution in [0.1, 0.15) is 49.8 Å². The molecule has 2 aliphatic rings. The number of hydrogen-bond donors (Lipinski definition) is 1. The first-order valence-corrected chi connectivity index (χ1v) is 8.06. The molecule has 0 bridgehead atoms. The molecule has 1 unspecified atom stereocenters. The van der Waals surface area contributed by atoms with Crippen LogP contribution in [0.15, 0.2) is 18.2 Å². The molecule has 1 N–H and O–H groups in total. The van der Waals surface area contributed by atoms with E-state index >= 15 is 0 Å². The molecule has 1 fully saturated rings. The average molecular weight is 257 g/mol. The maximum Gasteiger partial charge on any atom is 0.00683 e. The highest BCUT2D eigenvalue weighted by molar-refractivity contribution is 5.35. The fourth-order valence-electron chi connectivity index (χ4n) is 3.20. The maximum atomic E-state index is 3.71. The molecule has 1 aromatic carbocycles. The molecule has 3 rings (SSSR count). The molecule has 0 spiro atoms. The third-order valence-corrected chi connectivity index (χ3v) is 4.85. The third-order valence-electron chi connectivity index (χ3n) is 4.85. The lowest BCUT2D eigenvalue weighted by Gasteiger charge is -2.22. The Morgan fingerprint density at radius 2 is 1.95 bits per heavy atom. The quantitative estimate of drug-likeness (QED) is 0.818. The number of benzene rings is 1. The normalized spacial score (nSPS) is 19.7. The van der Waals surface area contributed by atoms with Crippen LogP contribution >= 0.6 is 0 Å². The van der Waals surface area contributed by atoms with Crippen LogP contribution in [0.5, 0.6) is 0 Å². The van der Waals surface area contributed by atoms with E-state index in [-0.39, 0.29) is 0 Å². The van der Waals surface area contributed by atoms with Crippen molar-refractivity contribution in [3.63, 3.8) is 0 Å². The van der Waals surface area contributed by atoms with E-state index in [4.69, 9.17) is 0 Å². The van der Waals surface area contributed by atoms with E-state index in [1.54, 1.807) is 16.7 Å². The highest BCUT2D eigenvalue weighted by Gasteiger charge is 2.23. The number of fused-ring (bicyclic) bond motifs is 1. The second-order valence-electron chi connectivity index (χ2n) is 6.85. The maximum absolute atomic E-state index is 3.71. The van der Waals surface area contributed by atoms with Gasteiger partial charge in [-0.2, -0.15) is 0 Å². The first-order valence-electron chi connectivity index (χ1n) is 8.06. The molecule has 0 aromatic heterocycles.